The molecule has 0 spiro atoms. The molecule has 1 atom stereocenters. The molecule has 4 aromatic carbocycles. The fourth-order valence-electron chi connectivity index (χ4n) is 4.80. The average molecular weight is 559 g/mol. The Morgan fingerprint density at radius 1 is 0.537 bits per heavy atom. The largest absolute Gasteiger partial charge is 0.497 e. The molecule has 7 heteroatoms. The Morgan fingerprint density at radius 2 is 1.22 bits per heavy atom. The predicted molar refractivity (Wildman–Crippen MR) is 159 cm³/mol. The van der Waals surface area contributed by atoms with Crippen LogP contribution < -0.4 is 28.4 Å². The summed E-state index contributed by atoms with van der Waals surface area (Å²) in [6.45, 7) is 0. The molecule has 0 heterocycles. The van der Waals surface area contributed by atoms with Gasteiger partial charge in [0, 0.05) is 13.5 Å². The highest BCUT2D eigenvalue weighted by molar-refractivity contribution is 5.54. The maximum atomic E-state index is 6.48. The van der Waals surface area contributed by atoms with Crippen molar-refractivity contribution in [3.8, 4) is 40.2 Å². The lowest BCUT2D eigenvalue weighted by Crippen LogP contribution is -2.07. The number of hydrogen-bond acceptors (Lipinski definition) is 7. The van der Waals surface area contributed by atoms with Crippen LogP contribution in [0.25, 0.3) is 0 Å². The van der Waals surface area contributed by atoms with Crippen molar-refractivity contribution in [1.29, 1.82) is 0 Å². The summed E-state index contributed by atoms with van der Waals surface area (Å²) in [5.41, 5.74) is 4.26. The molecule has 0 aliphatic rings. The van der Waals surface area contributed by atoms with Crippen LogP contribution in [0.4, 0.5) is 0 Å². The molecular weight excluding hydrogens is 520 g/mol. The van der Waals surface area contributed by atoms with Gasteiger partial charge in [0.2, 0.25) is 5.75 Å². The molecule has 0 saturated carbocycles. The topological polar surface area (TPSA) is 64.6 Å². The molecule has 4 aromatic rings. The van der Waals surface area contributed by atoms with Gasteiger partial charge in [-0.3, -0.25) is 0 Å². The van der Waals surface area contributed by atoms with Gasteiger partial charge in [-0.05, 0) is 77.6 Å². The quantitative estimate of drug-likeness (QED) is 0.162. The van der Waals surface area contributed by atoms with Crippen LogP contribution in [-0.2, 0) is 24.0 Å². The van der Waals surface area contributed by atoms with E-state index in [-0.39, 0.29) is 6.10 Å². The number of benzene rings is 4. The van der Waals surface area contributed by atoms with Crippen molar-refractivity contribution in [1.82, 2.24) is 0 Å². The normalized spacial score (nSPS) is 11.5. The minimum absolute atomic E-state index is 0.245. The van der Waals surface area contributed by atoms with Gasteiger partial charge >= 0.3 is 0 Å². The molecule has 0 fully saturated rings. The highest BCUT2D eigenvalue weighted by atomic mass is 16.5. The van der Waals surface area contributed by atoms with E-state index in [2.05, 4.69) is 24.3 Å². The van der Waals surface area contributed by atoms with E-state index in [0.717, 1.165) is 41.0 Å². The van der Waals surface area contributed by atoms with Crippen molar-refractivity contribution in [2.75, 3.05) is 42.7 Å². The summed E-state index contributed by atoms with van der Waals surface area (Å²) in [6, 6.07) is 26.0. The van der Waals surface area contributed by atoms with Crippen LogP contribution in [-0.4, -0.2) is 42.7 Å². The van der Waals surface area contributed by atoms with Gasteiger partial charge in [0.25, 0.3) is 0 Å². The molecule has 4 rings (SSSR count). The fourth-order valence-corrected chi connectivity index (χ4v) is 4.80. The number of hydrogen-bond donors (Lipinski definition) is 0. The Kier molecular flexibility index (Phi) is 10.3. The van der Waals surface area contributed by atoms with Crippen molar-refractivity contribution >= 4 is 0 Å². The van der Waals surface area contributed by atoms with Crippen LogP contribution in [0.15, 0.2) is 78.9 Å². The van der Waals surface area contributed by atoms with E-state index in [1.165, 1.54) is 5.56 Å². The SMILES string of the molecule is COc1ccc(CCc2cccc(OC)c2Oc2cccc(CC(OC)c3cc(OC)c(OC)c(OC)c3)c2)cc1. The first-order chi connectivity index (χ1) is 20.0. The van der Waals surface area contributed by atoms with Crippen LogP contribution in [0.5, 0.6) is 40.2 Å². The third-order valence-corrected chi connectivity index (χ3v) is 7.01. The third-order valence-electron chi connectivity index (χ3n) is 7.01. The Morgan fingerprint density at radius 3 is 1.83 bits per heavy atom. The first-order valence-corrected chi connectivity index (χ1v) is 13.4. The Bertz CT molecular complexity index is 1390. The standard InChI is InChI=1S/C34H38O7/c1-35-27-17-14-23(15-18-27)13-16-25-10-8-12-29(36-2)33(25)41-28-11-7-9-24(19-28)20-30(37-3)26-21-31(38-4)34(40-6)32(22-26)39-5/h7-12,14-15,17-19,21-22,30H,13,16,20H2,1-6H3. The van der Waals surface area contributed by atoms with Gasteiger partial charge < -0.3 is 33.2 Å². The molecule has 0 bridgehead atoms. The molecule has 0 N–H and O–H groups in total. The van der Waals surface area contributed by atoms with Gasteiger partial charge in [0.05, 0.1) is 41.7 Å². The lowest BCUT2D eigenvalue weighted by atomic mass is 10.00. The summed E-state index contributed by atoms with van der Waals surface area (Å²) >= 11 is 0. The van der Waals surface area contributed by atoms with Gasteiger partial charge in [-0.15, -0.1) is 0 Å². The summed E-state index contributed by atoms with van der Waals surface area (Å²) in [7, 11) is 9.82. The predicted octanol–water partition coefficient (Wildman–Crippen LogP) is 7.24. The Labute approximate surface area is 242 Å². The lowest BCUT2D eigenvalue weighted by molar-refractivity contribution is 0.103. The molecule has 1 unspecified atom stereocenters. The van der Waals surface area contributed by atoms with E-state index >= 15 is 0 Å². The van der Waals surface area contributed by atoms with Crippen molar-refractivity contribution in [2.24, 2.45) is 0 Å². The first kappa shape index (κ1) is 29.6. The Balaban J connectivity index is 1.55. The van der Waals surface area contributed by atoms with E-state index < -0.39 is 0 Å². The van der Waals surface area contributed by atoms with E-state index in [0.29, 0.717) is 35.2 Å². The summed E-state index contributed by atoms with van der Waals surface area (Å²) in [5, 5.41) is 0. The number of rotatable bonds is 14. The van der Waals surface area contributed by atoms with Crippen molar-refractivity contribution in [2.45, 2.75) is 25.4 Å². The van der Waals surface area contributed by atoms with Gasteiger partial charge in [0.1, 0.15) is 11.5 Å². The second-order valence-corrected chi connectivity index (χ2v) is 9.43. The van der Waals surface area contributed by atoms with Crippen molar-refractivity contribution < 1.29 is 33.2 Å². The van der Waals surface area contributed by atoms with E-state index in [1.807, 2.05) is 54.6 Å². The zero-order valence-corrected chi connectivity index (χ0v) is 24.6. The van der Waals surface area contributed by atoms with E-state index in [1.54, 1.807) is 42.7 Å². The Hall–Kier alpha value is -4.36. The maximum Gasteiger partial charge on any atom is 0.203 e. The zero-order chi connectivity index (χ0) is 29.2. The number of aryl methyl sites for hydroxylation is 2. The second-order valence-electron chi connectivity index (χ2n) is 9.43. The second kappa shape index (κ2) is 14.3. The number of methoxy groups -OCH3 is 6. The smallest absolute Gasteiger partial charge is 0.203 e. The third kappa shape index (κ3) is 7.24. The lowest BCUT2D eigenvalue weighted by Gasteiger charge is -2.20. The number of ether oxygens (including phenoxy) is 7. The fraction of sp³-hybridized carbons (Fsp3) is 0.294. The molecule has 0 aliphatic carbocycles. The molecule has 41 heavy (non-hydrogen) atoms. The van der Waals surface area contributed by atoms with Crippen LogP contribution in [0, 0.1) is 0 Å². The highest BCUT2D eigenvalue weighted by Crippen LogP contribution is 2.41. The first-order valence-electron chi connectivity index (χ1n) is 13.4. The monoisotopic (exact) mass is 558 g/mol. The molecule has 0 aromatic heterocycles. The molecule has 0 amide bonds. The molecule has 216 valence electrons. The van der Waals surface area contributed by atoms with Crippen molar-refractivity contribution in [3.63, 3.8) is 0 Å². The minimum atomic E-state index is -0.245. The van der Waals surface area contributed by atoms with Crippen molar-refractivity contribution in [3.05, 3.63) is 101 Å². The van der Waals surface area contributed by atoms with Crippen LogP contribution in [0.1, 0.15) is 28.4 Å². The summed E-state index contributed by atoms with van der Waals surface area (Å²) < 4.78 is 39.9. The summed E-state index contributed by atoms with van der Waals surface area (Å²) in [6.07, 6.45) is 2.02. The molecule has 0 saturated heterocycles. The van der Waals surface area contributed by atoms with Gasteiger partial charge in [-0.1, -0.05) is 36.4 Å². The molecule has 7 nitrogen and oxygen atoms in total. The van der Waals surface area contributed by atoms with Crippen LogP contribution >= 0.6 is 0 Å². The summed E-state index contributed by atoms with van der Waals surface area (Å²) in [4.78, 5) is 0. The molecule has 0 radical (unpaired) electrons. The van der Waals surface area contributed by atoms with Gasteiger partial charge in [0.15, 0.2) is 23.0 Å². The maximum absolute atomic E-state index is 6.48. The van der Waals surface area contributed by atoms with Crippen LogP contribution in [0.3, 0.4) is 0 Å². The number of para-hydroxylation sites is 1. The minimum Gasteiger partial charge on any atom is -0.497 e. The highest BCUT2D eigenvalue weighted by Gasteiger charge is 2.20. The van der Waals surface area contributed by atoms with E-state index in [9.17, 15) is 0 Å². The zero-order valence-electron chi connectivity index (χ0n) is 24.6. The van der Waals surface area contributed by atoms with Crippen LogP contribution in [0.2, 0.25) is 0 Å². The van der Waals surface area contributed by atoms with E-state index in [4.69, 9.17) is 33.2 Å². The van der Waals surface area contributed by atoms with Gasteiger partial charge in [-0.25, -0.2) is 0 Å². The van der Waals surface area contributed by atoms with Gasteiger partial charge in [-0.2, -0.15) is 0 Å². The average Bonchev–Trinajstić information content (AvgIpc) is 3.02. The summed E-state index contributed by atoms with van der Waals surface area (Å²) in [5.74, 6) is 4.68. The molecule has 0 aliphatic heterocycles. The molecular formula is C34H38O7.